The summed E-state index contributed by atoms with van der Waals surface area (Å²) in [6.07, 6.45) is 0. The van der Waals surface area contributed by atoms with Crippen LogP contribution in [0.1, 0.15) is 27.7 Å². The molecule has 260 valence electrons. The lowest BCUT2D eigenvalue weighted by molar-refractivity contribution is 0.325. The van der Waals surface area contributed by atoms with E-state index in [1.54, 1.807) is 149 Å². The Morgan fingerprint density at radius 2 is 0.816 bits per heavy atom. The summed E-state index contributed by atoms with van der Waals surface area (Å²) in [5.41, 5.74) is -1.36. The lowest BCUT2D eigenvalue weighted by atomic mass is 10.4. The number of benzene rings is 4. The summed E-state index contributed by atoms with van der Waals surface area (Å²) in [5.74, 6) is 0. The van der Waals surface area contributed by atoms with Crippen LogP contribution < -0.4 is 21.2 Å². The van der Waals surface area contributed by atoms with E-state index in [1.165, 1.54) is 0 Å². The maximum Gasteiger partial charge on any atom is 0.268 e. The van der Waals surface area contributed by atoms with Crippen molar-refractivity contribution in [2.75, 3.05) is 26.4 Å². The fourth-order valence-corrected chi connectivity index (χ4v) is 22.7. The van der Waals surface area contributed by atoms with Gasteiger partial charge in [-0.1, -0.05) is 72.8 Å². The van der Waals surface area contributed by atoms with Gasteiger partial charge in [0.1, 0.15) is 4.99 Å². The molecule has 0 N–H and O–H groups in total. The quantitative estimate of drug-likeness (QED) is 0.104. The van der Waals surface area contributed by atoms with Crippen molar-refractivity contribution in [2.45, 2.75) is 38.3 Å². The molecule has 0 aromatic heterocycles. The molecule has 0 bridgehead atoms. The van der Waals surface area contributed by atoms with Crippen LogP contribution in [0.3, 0.4) is 0 Å². The highest BCUT2D eigenvalue weighted by Crippen LogP contribution is 2.82. The molecule has 5 rings (SSSR count). The average molecular weight is 759 g/mol. The third-order valence-corrected chi connectivity index (χ3v) is 22.8. The SMILES string of the molecule is CCOP(=O)(C1=C(P(=O)(OCC)c2ccccc2)[C@@H](P(=O)(OCC)c2ccccc2)[C@H](P(=O)(OCC)c2ccccc2)S1)c1ccccc1. The maximum atomic E-state index is 16.0. The molecule has 4 unspecified atom stereocenters. The molecule has 4 aromatic rings. The summed E-state index contributed by atoms with van der Waals surface area (Å²) in [6.45, 7) is 7.07. The van der Waals surface area contributed by atoms with Gasteiger partial charge in [0, 0.05) is 21.2 Å². The Hall–Kier alpha value is -2.27. The van der Waals surface area contributed by atoms with Gasteiger partial charge in [0.2, 0.25) is 14.7 Å². The number of hydrogen-bond acceptors (Lipinski definition) is 9. The molecule has 0 radical (unpaired) electrons. The van der Waals surface area contributed by atoms with E-state index in [2.05, 4.69) is 0 Å². The van der Waals surface area contributed by atoms with Crippen LogP contribution in [0, 0.1) is 0 Å². The van der Waals surface area contributed by atoms with Crippen LogP contribution in [0.25, 0.3) is 0 Å². The molecule has 0 aliphatic carbocycles. The Morgan fingerprint density at radius 3 is 1.24 bits per heavy atom. The smallest absolute Gasteiger partial charge is 0.268 e. The molecule has 0 spiro atoms. The summed E-state index contributed by atoms with van der Waals surface area (Å²) in [4.78, 5) is -1.19. The van der Waals surface area contributed by atoms with E-state index in [0.29, 0.717) is 21.2 Å². The van der Waals surface area contributed by atoms with Gasteiger partial charge in [0.15, 0.2) is 0 Å². The van der Waals surface area contributed by atoms with Gasteiger partial charge in [-0.25, -0.2) is 0 Å². The molecule has 0 amide bonds. The lowest BCUT2D eigenvalue weighted by Crippen LogP contribution is -2.32. The van der Waals surface area contributed by atoms with Gasteiger partial charge in [-0.2, -0.15) is 0 Å². The molecule has 1 aliphatic rings. The predicted molar refractivity (Wildman–Crippen MR) is 203 cm³/mol. The zero-order valence-electron chi connectivity index (χ0n) is 28.0. The molecule has 0 saturated heterocycles. The first-order valence-electron chi connectivity index (χ1n) is 16.3. The average Bonchev–Trinajstić information content (AvgIpc) is 3.57. The molecule has 8 nitrogen and oxygen atoms in total. The normalized spacial score (nSPS) is 21.3. The molecule has 0 fully saturated rings. The number of thioether (sulfide) groups is 1. The molecule has 0 saturated carbocycles. The molecule has 13 heteroatoms. The van der Waals surface area contributed by atoms with E-state index in [1.807, 2.05) is 0 Å². The number of allylic oxidation sites excluding steroid dienone is 1. The zero-order chi connectivity index (χ0) is 35.1. The summed E-state index contributed by atoms with van der Waals surface area (Å²) >= 11 is 1.00. The van der Waals surface area contributed by atoms with Crippen LogP contribution in [-0.2, 0) is 36.4 Å². The van der Waals surface area contributed by atoms with Crippen molar-refractivity contribution in [1.29, 1.82) is 0 Å². The van der Waals surface area contributed by atoms with Gasteiger partial charge >= 0.3 is 0 Å². The van der Waals surface area contributed by atoms with Crippen molar-refractivity contribution in [1.82, 2.24) is 0 Å². The van der Waals surface area contributed by atoms with E-state index in [0.717, 1.165) is 11.8 Å². The Kier molecular flexibility index (Phi) is 12.7. The van der Waals surface area contributed by atoms with Crippen LogP contribution in [0.15, 0.2) is 131 Å². The standard InChI is InChI=1S/C36H42O8P4S/c1-5-41-45(37,29-21-13-9-14-22-29)33-34(46(38,42-6-2)30-23-15-10-16-24-30)36(48(40,44-8-4)32-27-19-12-20-28-32)49-35(33)47(39,43-7-3)31-25-17-11-18-26-31/h9-28,33,35H,5-8H2,1-4H3/t33-,35-,45?,46?,47?,48?/m1/s1. The van der Waals surface area contributed by atoms with Gasteiger partial charge in [-0.15, -0.1) is 11.8 Å². The number of rotatable bonds is 16. The van der Waals surface area contributed by atoms with Crippen molar-refractivity contribution in [3.63, 3.8) is 0 Å². The summed E-state index contributed by atoms with van der Waals surface area (Å²) in [7, 11) is -16.6. The van der Waals surface area contributed by atoms with Gasteiger partial charge < -0.3 is 18.1 Å². The van der Waals surface area contributed by atoms with Gasteiger partial charge in [-0.05, 0) is 76.2 Å². The topological polar surface area (TPSA) is 105 Å². The van der Waals surface area contributed by atoms with Gasteiger partial charge in [0.05, 0.1) is 42.0 Å². The fraction of sp³-hybridized carbons (Fsp3) is 0.278. The minimum absolute atomic E-state index is 0.0152. The largest absolute Gasteiger partial charge is 0.325 e. The zero-order valence-corrected chi connectivity index (χ0v) is 32.4. The van der Waals surface area contributed by atoms with E-state index >= 15 is 18.3 Å². The van der Waals surface area contributed by atoms with Crippen LogP contribution in [-0.4, -0.2) is 37.1 Å². The summed E-state index contributed by atoms with van der Waals surface area (Å²) in [6, 6.07) is 34.7. The first-order chi connectivity index (χ1) is 23.6. The Morgan fingerprint density at radius 1 is 0.469 bits per heavy atom. The highest BCUT2D eigenvalue weighted by Gasteiger charge is 2.63. The highest BCUT2D eigenvalue weighted by atomic mass is 32.2. The molecule has 1 aliphatic heterocycles. The van der Waals surface area contributed by atoms with Crippen LogP contribution in [0.2, 0.25) is 0 Å². The van der Waals surface area contributed by atoms with E-state index in [4.69, 9.17) is 18.1 Å². The van der Waals surface area contributed by atoms with Gasteiger partial charge in [0.25, 0.3) is 14.7 Å². The second-order valence-corrected chi connectivity index (χ2v) is 22.5. The summed E-state index contributed by atoms with van der Waals surface area (Å²) in [5, 5.41) is 1.41. The van der Waals surface area contributed by atoms with Crippen LogP contribution >= 0.6 is 41.2 Å². The Bertz CT molecular complexity index is 1920. The van der Waals surface area contributed by atoms with E-state index < -0.39 is 40.1 Å². The van der Waals surface area contributed by atoms with Crippen LogP contribution in [0.5, 0.6) is 0 Å². The van der Waals surface area contributed by atoms with Crippen molar-refractivity contribution in [2.24, 2.45) is 0 Å². The third kappa shape index (κ3) is 7.26. The van der Waals surface area contributed by atoms with E-state index in [9.17, 15) is 0 Å². The lowest BCUT2D eigenvalue weighted by Gasteiger charge is -2.36. The third-order valence-electron chi connectivity index (χ3n) is 7.98. The minimum Gasteiger partial charge on any atom is -0.325 e. The second kappa shape index (κ2) is 16.4. The Balaban J connectivity index is 1.99. The van der Waals surface area contributed by atoms with Gasteiger partial charge in [-0.3, -0.25) is 18.3 Å². The fourth-order valence-electron chi connectivity index (χ4n) is 6.02. The number of hydrogen-bond donors (Lipinski definition) is 0. The van der Waals surface area contributed by atoms with Crippen LogP contribution in [0.4, 0.5) is 0 Å². The van der Waals surface area contributed by atoms with Crippen molar-refractivity contribution in [3.05, 3.63) is 131 Å². The molecule has 49 heavy (non-hydrogen) atoms. The first-order valence-corrected chi connectivity index (χ1v) is 23.8. The molecular formula is C36H42O8P4S. The predicted octanol–water partition coefficient (Wildman–Crippen LogP) is 9.16. The van der Waals surface area contributed by atoms with Crippen molar-refractivity contribution >= 4 is 62.5 Å². The monoisotopic (exact) mass is 758 g/mol. The molecule has 4 aromatic carbocycles. The molecule has 1 heterocycles. The van der Waals surface area contributed by atoms with Crippen molar-refractivity contribution in [3.8, 4) is 0 Å². The maximum absolute atomic E-state index is 16.0. The first kappa shape index (κ1) is 38.0. The summed E-state index contributed by atoms with van der Waals surface area (Å²) < 4.78 is 88.7. The molecule has 6 atom stereocenters. The Labute approximate surface area is 293 Å². The van der Waals surface area contributed by atoms with E-state index in [-0.39, 0.29) is 36.4 Å². The second-order valence-electron chi connectivity index (χ2n) is 11.0. The minimum atomic E-state index is -4.25. The highest BCUT2D eigenvalue weighted by molar-refractivity contribution is 8.17. The van der Waals surface area contributed by atoms with Crippen molar-refractivity contribution < 1.29 is 36.4 Å². The molecular weight excluding hydrogens is 716 g/mol.